The van der Waals surface area contributed by atoms with Gasteiger partial charge in [0.1, 0.15) is 5.82 Å². The average Bonchev–Trinajstić information content (AvgIpc) is 2.40. The highest BCUT2D eigenvalue weighted by molar-refractivity contribution is 6.09. The SMILES string of the molecule is CC(C)Cc1cccc(C(=O)c2ccc(N)c(F)c2)c1. The van der Waals surface area contributed by atoms with E-state index in [1.54, 1.807) is 12.1 Å². The summed E-state index contributed by atoms with van der Waals surface area (Å²) in [6, 6.07) is 11.6. The van der Waals surface area contributed by atoms with Gasteiger partial charge in [0.05, 0.1) is 5.69 Å². The van der Waals surface area contributed by atoms with Crippen LogP contribution in [-0.4, -0.2) is 5.78 Å². The number of halogens is 1. The molecule has 0 saturated carbocycles. The monoisotopic (exact) mass is 271 g/mol. The van der Waals surface area contributed by atoms with Crippen LogP contribution in [0.15, 0.2) is 42.5 Å². The first-order valence-electron chi connectivity index (χ1n) is 6.66. The Morgan fingerprint density at radius 2 is 1.85 bits per heavy atom. The highest BCUT2D eigenvalue weighted by Crippen LogP contribution is 2.17. The highest BCUT2D eigenvalue weighted by atomic mass is 19.1. The van der Waals surface area contributed by atoms with Gasteiger partial charge in [-0.05, 0) is 42.2 Å². The standard InChI is InChI=1S/C17H18FNO/c1-11(2)8-12-4-3-5-13(9-12)17(20)14-6-7-16(19)15(18)10-14/h3-7,9-11H,8,19H2,1-2H3. The minimum absolute atomic E-state index is 0.0510. The van der Waals surface area contributed by atoms with Crippen LogP contribution in [0.1, 0.15) is 35.3 Å². The minimum Gasteiger partial charge on any atom is -0.396 e. The maximum atomic E-state index is 13.4. The van der Waals surface area contributed by atoms with E-state index in [-0.39, 0.29) is 11.5 Å². The molecular weight excluding hydrogens is 253 g/mol. The Hall–Kier alpha value is -2.16. The smallest absolute Gasteiger partial charge is 0.193 e. The van der Waals surface area contributed by atoms with Crippen LogP contribution in [0, 0.1) is 11.7 Å². The van der Waals surface area contributed by atoms with E-state index in [0.717, 1.165) is 12.0 Å². The number of nitrogens with two attached hydrogens (primary N) is 1. The van der Waals surface area contributed by atoms with Crippen LogP contribution in [0.25, 0.3) is 0 Å². The van der Waals surface area contributed by atoms with Gasteiger partial charge < -0.3 is 5.73 Å². The lowest BCUT2D eigenvalue weighted by molar-refractivity contribution is 0.103. The Morgan fingerprint density at radius 3 is 2.50 bits per heavy atom. The molecule has 0 spiro atoms. The van der Waals surface area contributed by atoms with E-state index in [0.29, 0.717) is 17.0 Å². The molecule has 3 heteroatoms. The van der Waals surface area contributed by atoms with Crippen LogP contribution in [0.5, 0.6) is 0 Å². The Kier molecular flexibility index (Phi) is 4.18. The number of carbonyl (C=O) groups excluding carboxylic acids is 1. The summed E-state index contributed by atoms with van der Waals surface area (Å²) in [6.45, 7) is 4.26. The van der Waals surface area contributed by atoms with Gasteiger partial charge in [-0.1, -0.05) is 32.0 Å². The number of hydrogen-bond donors (Lipinski definition) is 1. The fourth-order valence-electron chi connectivity index (χ4n) is 2.15. The molecule has 0 radical (unpaired) electrons. The maximum absolute atomic E-state index is 13.4. The van der Waals surface area contributed by atoms with Crippen molar-refractivity contribution in [2.75, 3.05) is 5.73 Å². The van der Waals surface area contributed by atoms with Crippen LogP contribution in [0.4, 0.5) is 10.1 Å². The Bertz CT molecular complexity index is 635. The molecule has 2 nitrogen and oxygen atoms in total. The van der Waals surface area contributed by atoms with Crippen LogP contribution in [0.2, 0.25) is 0 Å². The quantitative estimate of drug-likeness (QED) is 0.678. The first-order chi connectivity index (χ1) is 9.47. The van der Waals surface area contributed by atoms with Gasteiger partial charge in [-0.25, -0.2) is 4.39 Å². The van der Waals surface area contributed by atoms with Crippen molar-refractivity contribution in [3.05, 3.63) is 65.0 Å². The number of hydrogen-bond acceptors (Lipinski definition) is 2. The molecular formula is C17H18FNO. The van der Waals surface area contributed by atoms with Crippen LogP contribution < -0.4 is 5.73 Å². The zero-order valence-electron chi connectivity index (χ0n) is 11.7. The molecule has 2 rings (SSSR count). The normalized spacial score (nSPS) is 10.8. The molecule has 0 saturated heterocycles. The average molecular weight is 271 g/mol. The zero-order valence-corrected chi connectivity index (χ0v) is 11.7. The second-order valence-corrected chi connectivity index (χ2v) is 5.36. The van der Waals surface area contributed by atoms with Crippen molar-refractivity contribution in [2.45, 2.75) is 20.3 Å². The van der Waals surface area contributed by atoms with E-state index >= 15 is 0 Å². The lowest BCUT2D eigenvalue weighted by atomic mass is 9.97. The number of nitrogen functional groups attached to an aromatic ring is 1. The summed E-state index contributed by atoms with van der Waals surface area (Å²) in [5.74, 6) is -0.224. The molecule has 0 unspecified atom stereocenters. The summed E-state index contributed by atoms with van der Waals surface area (Å²) < 4.78 is 13.4. The van der Waals surface area contributed by atoms with Crippen molar-refractivity contribution in [1.82, 2.24) is 0 Å². The summed E-state index contributed by atoms with van der Waals surface area (Å²) in [6.07, 6.45) is 0.914. The predicted octanol–water partition coefficient (Wildman–Crippen LogP) is 3.84. The van der Waals surface area contributed by atoms with E-state index in [1.165, 1.54) is 12.1 Å². The van der Waals surface area contributed by atoms with Crippen molar-refractivity contribution in [3.63, 3.8) is 0 Å². The van der Waals surface area contributed by atoms with Gasteiger partial charge in [-0.3, -0.25) is 4.79 Å². The van der Waals surface area contributed by atoms with Crippen LogP contribution in [0.3, 0.4) is 0 Å². The largest absolute Gasteiger partial charge is 0.396 e. The molecule has 20 heavy (non-hydrogen) atoms. The minimum atomic E-state index is -0.561. The van der Waals surface area contributed by atoms with Gasteiger partial charge in [0.2, 0.25) is 0 Å². The molecule has 0 aliphatic rings. The topological polar surface area (TPSA) is 43.1 Å². The fraction of sp³-hybridized carbons (Fsp3) is 0.235. The van der Waals surface area contributed by atoms with Crippen LogP contribution in [-0.2, 0) is 6.42 Å². The first-order valence-corrected chi connectivity index (χ1v) is 6.66. The third-order valence-corrected chi connectivity index (χ3v) is 3.10. The van der Waals surface area contributed by atoms with Gasteiger partial charge in [-0.2, -0.15) is 0 Å². The molecule has 0 heterocycles. The summed E-state index contributed by atoms with van der Waals surface area (Å²) in [5.41, 5.74) is 7.48. The van der Waals surface area contributed by atoms with Gasteiger partial charge in [0.15, 0.2) is 5.78 Å². The second-order valence-electron chi connectivity index (χ2n) is 5.36. The molecule has 0 atom stereocenters. The summed E-state index contributed by atoms with van der Waals surface area (Å²) in [5, 5.41) is 0. The van der Waals surface area contributed by atoms with E-state index in [9.17, 15) is 9.18 Å². The number of rotatable bonds is 4. The molecule has 0 aliphatic carbocycles. The first kappa shape index (κ1) is 14.3. The summed E-state index contributed by atoms with van der Waals surface area (Å²) >= 11 is 0. The van der Waals surface area contributed by atoms with Gasteiger partial charge in [-0.15, -0.1) is 0 Å². The molecule has 0 fully saturated rings. The lowest BCUT2D eigenvalue weighted by Gasteiger charge is -2.07. The van der Waals surface area contributed by atoms with Crippen molar-refractivity contribution < 1.29 is 9.18 Å². The molecule has 0 aliphatic heterocycles. The molecule has 0 amide bonds. The van der Waals surface area contributed by atoms with Gasteiger partial charge in [0, 0.05) is 11.1 Å². The zero-order chi connectivity index (χ0) is 14.7. The lowest BCUT2D eigenvalue weighted by Crippen LogP contribution is -2.04. The number of carbonyl (C=O) groups is 1. The number of anilines is 1. The third kappa shape index (κ3) is 3.23. The third-order valence-electron chi connectivity index (χ3n) is 3.10. The predicted molar refractivity (Wildman–Crippen MR) is 79.2 cm³/mol. The fourth-order valence-corrected chi connectivity index (χ4v) is 2.15. The Balaban J connectivity index is 2.30. The molecule has 0 aromatic heterocycles. The van der Waals surface area contributed by atoms with E-state index in [1.807, 2.05) is 18.2 Å². The molecule has 2 N–H and O–H groups in total. The Labute approximate surface area is 118 Å². The van der Waals surface area contributed by atoms with E-state index in [4.69, 9.17) is 5.73 Å². The second kappa shape index (κ2) is 5.87. The van der Waals surface area contributed by atoms with Gasteiger partial charge in [0.25, 0.3) is 0 Å². The highest BCUT2D eigenvalue weighted by Gasteiger charge is 2.12. The molecule has 0 bridgehead atoms. The van der Waals surface area contributed by atoms with Crippen molar-refractivity contribution in [3.8, 4) is 0 Å². The number of ketones is 1. The Morgan fingerprint density at radius 1 is 1.15 bits per heavy atom. The summed E-state index contributed by atoms with van der Waals surface area (Å²) in [4.78, 5) is 12.3. The van der Waals surface area contributed by atoms with E-state index < -0.39 is 5.82 Å². The van der Waals surface area contributed by atoms with Gasteiger partial charge >= 0.3 is 0 Å². The van der Waals surface area contributed by atoms with Crippen LogP contribution >= 0.6 is 0 Å². The van der Waals surface area contributed by atoms with Crippen molar-refractivity contribution >= 4 is 11.5 Å². The maximum Gasteiger partial charge on any atom is 0.193 e. The summed E-state index contributed by atoms with van der Waals surface area (Å²) in [7, 11) is 0. The molecule has 2 aromatic carbocycles. The number of benzene rings is 2. The molecule has 104 valence electrons. The van der Waals surface area contributed by atoms with Crippen molar-refractivity contribution in [1.29, 1.82) is 0 Å². The van der Waals surface area contributed by atoms with Crippen molar-refractivity contribution in [2.24, 2.45) is 5.92 Å². The van der Waals surface area contributed by atoms with E-state index in [2.05, 4.69) is 13.8 Å². The molecule has 2 aromatic rings.